The summed E-state index contributed by atoms with van der Waals surface area (Å²) in [6.45, 7) is 4.40. The van der Waals surface area contributed by atoms with Gasteiger partial charge in [-0.25, -0.2) is 4.79 Å². The van der Waals surface area contributed by atoms with E-state index < -0.39 is 0 Å². The maximum Gasteiger partial charge on any atom is 0.409 e. The van der Waals surface area contributed by atoms with Crippen LogP contribution in [0.5, 0.6) is 0 Å². The molecule has 4 nitrogen and oxygen atoms in total. The number of carbonyl (C=O) groups is 1. The van der Waals surface area contributed by atoms with Crippen molar-refractivity contribution < 1.29 is 9.53 Å². The van der Waals surface area contributed by atoms with Crippen LogP contribution < -0.4 is 5.32 Å². The SMILES string of the molecule is COC(=O)N1CCNC(C)C1. The summed E-state index contributed by atoms with van der Waals surface area (Å²) < 4.78 is 4.60. The molecule has 1 rings (SSSR count). The van der Waals surface area contributed by atoms with Gasteiger partial charge in [0, 0.05) is 25.7 Å². The molecule has 0 aromatic carbocycles. The predicted molar refractivity (Wildman–Crippen MR) is 41.4 cm³/mol. The molecule has 0 aromatic rings. The van der Waals surface area contributed by atoms with Gasteiger partial charge < -0.3 is 15.0 Å². The minimum Gasteiger partial charge on any atom is -0.453 e. The van der Waals surface area contributed by atoms with Crippen LogP contribution in [-0.4, -0.2) is 43.8 Å². The number of hydrogen-bond donors (Lipinski definition) is 1. The first-order valence-corrected chi connectivity index (χ1v) is 3.80. The summed E-state index contributed by atoms with van der Waals surface area (Å²) in [7, 11) is 1.41. The van der Waals surface area contributed by atoms with E-state index in [0.29, 0.717) is 6.04 Å². The minimum atomic E-state index is -0.224. The zero-order valence-corrected chi connectivity index (χ0v) is 6.96. The molecule has 1 aliphatic rings. The van der Waals surface area contributed by atoms with E-state index >= 15 is 0 Å². The van der Waals surface area contributed by atoms with E-state index in [1.165, 1.54) is 7.11 Å². The zero-order chi connectivity index (χ0) is 8.27. The summed E-state index contributed by atoms with van der Waals surface area (Å²) in [5.41, 5.74) is 0. The first-order chi connectivity index (χ1) is 5.24. The fourth-order valence-electron chi connectivity index (χ4n) is 1.23. The molecule has 1 aliphatic heterocycles. The van der Waals surface area contributed by atoms with Crippen molar-refractivity contribution >= 4 is 6.09 Å². The number of piperazine rings is 1. The van der Waals surface area contributed by atoms with Crippen LogP contribution in [0.25, 0.3) is 0 Å². The summed E-state index contributed by atoms with van der Waals surface area (Å²) >= 11 is 0. The number of carbonyl (C=O) groups excluding carboxylic acids is 1. The van der Waals surface area contributed by atoms with Gasteiger partial charge in [0.1, 0.15) is 0 Å². The van der Waals surface area contributed by atoms with Gasteiger partial charge in [0.05, 0.1) is 7.11 Å². The molecule has 1 atom stereocenters. The number of ether oxygens (including phenoxy) is 1. The average Bonchev–Trinajstić information content (AvgIpc) is 2.03. The first kappa shape index (κ1) is 8.33. The molecular weight excluding hydrogens is 144 g/mol. The van der Waals surface area contributed by atoms with Gasteiger partial charge in [0.15, 0.2) is 0 Å². The van der Waals surface area contributed by atoms with Crippen LogP contribution in [0.1, 0.15) is 6.92 Å². The van der Waals surface area contributed by atoms with Crippen LogP contribution in [0, 0.1) is 0 Å². The Hall–Kier alpha value is -0.770. The van der Waals surface area contributed by atoms with E-state index in [-0.39, 0.29) is 6.09 Å². The van der Waals surface area contributed by atoms with Crippen LogP contribution in [0.4, 0.5) is 4.79 Å². The van der Waals surface area contributed by atoms with Gasteiger partial charge in [-0.1, -0.05) is 0 Å². The summed E-state index contributed by atoms with van der Waals surface area (Å²) in [6, 6.07) is 0.378. The number of methoxy groups -OCH3 is 1. The third-order valence-corrected chi connectivity index (χ3v) is 1.80. The van der Waals surface area contributed by atoms with Gasteiger partial charge in [0.2, 0.25) is 0 Å². The Kier molecular flexibility index (Phi) is 2.70. The smallest absolute Gasteiger partial charge is 0.409 e. The predicted octanol–water partition coefficient (Wildman–Crippen LogP) is 0.0465. The van der Waals surface area contributed by atoms with E-state index in [1.54, 1.807) is 4.90 Å². The van der Waals surface area contributed by atoms with Gasteiger partial charge in [-0.15, -0.1) is 0 Å². The quantitative estimate of drug-likeness (QED) is 0.541. The summed E-state index contributed by atoms with van der Waals surface area (Å²) in [4.78, 5) is 12.7. The van der Waals surface area contributed by atoms with Gasteiger partial charge in [-0.05, 0) is 6.92 Å². The highest BCUT2D eigenvalue weighted by Crippen LogP contribution is 1.99. The maximum absolute atomic E-state index is 11.0. The molecule has 0 spiro atoms. The highest BCUT2D eigenvalue weighted by molar-refractivity contribution is 5.67. The fraction of sp³-hybridized carbons (Fsp3) is 0.857. The van der Waals surface area contributed by atoms with E-state index in [1.807, 2.05) is 0 Å². The van der Waals surface area contributed by atoms with Crippen molar-refractivity contribution in [3.63, 3.8) is 0 Å². The van der Waals surface area contributed by atoms with Gasteiger partial charge in [-0.3, -0.25) is 0 Å². The first-order valence-electron chi connectivity index (χ1n) is 3.80. The van der Waals surface area contributed by atoms with Crippen LogP contribution in [0.3, 0.4) is 0 Å². The van der Waals surface area contributed by atoms with Crippen molar-refractivity contribution in [2.75, 3.05) is 26.7 Å². The topological polar surface area (TPSA) is 41.6 Å². The van der Waals surface area contributed by atoms with Crippen LogP contribution in [-0.2, 0) is 4.74 Å². The number of nitrogens with one attached hydrogen (secondary N) is 1. The lowest BCUT2D eigenvalue weighted by atomic mass is 10.2. The van der Waals surface area contributed by atoms with Crippen molar-refractivity contribution in [3.05, 3.63) is 0 Å². The molecule has 1 fully saturated rings. The number of nitrogens with zero attached hydrogens (tertiary/aromatic N) is 1. The molecule has 0 bridgehead atoms. The third kappa shape index (κ3) is 2.08. The average molecular weight is 158 g/mol. The summed E-state index contributed by atoms with van der Waals surface area (Å²) in [5, 5.41) is 3.24. The van der Waals surface area contributed by atoms with Crippen molar-refractivity contribution in [2.45, 2.75) is 13.0 Å². The van der Waals surface area contributed by atoms with E-state index in [4.69, 9.17) is 0 Å². The van der Waals surface area contributed by atoms with Crippen molar-refractivity contribution in [2.24, 2.45) is 0 Å². The number of amides is 1. The van der Waals surface area contributed by atoms with Crippen molar-refractivity contribution in [1.29, 1.82) is 0 Å². The normalized spacial score (nSPS) is 24.9. The van der Waals surface area contributed by atoms with Crippen molar-refractivity contribution in [1.82, 2.24) is 10.2 Å². The van der Waals surface area contributed by atoms with Crippen LogP contribution >= 0.6 is 0 Å². The number of rotatable bonds is 0. The largest absolute Gasteiger partial charge is 0.453 e. The molecule has 11 heavy (non-hydrogen) atoms. The maximum atomic E-state index is 11.0. The second-order valence-corrected chi connectivity index (χ2v) is 2.77. The molecule has 0 saturated carbocycles. The highest BCUT2D eigenvalue weighted by Gasteiger charge is 2.20. The van der Waals surface area contributed by atoms with Crippen LogP contribution in [0.15, 0.2) is 0 Å². The minimum absolute atomic E-state index is 0.224. The Morgan fingerprint density at radius 1 is 1.73 bits per heavy atom. The lowest BCUT2D eigenvalue weighted by Gasteiger charge is -2.30. The molecule has 4 heteroatoms. The summed E-state index contributed by atoms with van der Waals surface area (Å²) in [5.74, 6) is 0. The third-order valence-electron chi connectivity index (χ3n) is 1.80. The zero-order valence-electron chi connectivity index (χ0n) is 6.96. The molecule has 0 radical (unpaired) electrons. The second-order valence-electron chi connectivity index (χ2n) is 2.77. The lowest BCUT2D eigenvalue weighted by molar-refractivity contribution is 0.111. The van der Waals surface area contributed by atoms with Gasteiger partial charge >= 0.3 is 6.09 Å². The highest BCUT2D eigenvalue weighted by atomic mass is 16.5. The Morgan fingerprint density at radius 3 is 3.00 bits per heavy atom. The molecule has 0 aromatic heterocycles. The molecule has 1 unspecified atom stereocenters. The van der Waals surface area contributed by atoms with Crippen molar-refractivity contribution in [3.8, 4) is 0 Å². The van der Waals surface area contributed by atoms with E-state index in [9.17, 15) is 4.79 Å². The Labute approximate surface area is 66.5 Å². The molecule has 1 amide bonds. The monoisotopic (exact) mass is 158 g/mol. The molecule has 1 N–H and O–H groups in total. The van der Waals surface area contributed by atoms with E-state index in [0.717, 1.165) is 19.6 Å². The van der Waals surface area contributed by atoms with Crippen LogP contribution in [0.2, 0.25) is 0 Å². The second kappa shape index (κ2) is 3.57. The Morgan fingerprint density at radius 2 is 2.45 bits per heavy atom. The van der Waals surface area contributed by atoms with E-state index in [2.05, 4.69) is 17.0 Å². The standard InChI is InChI=1S/C7H14N2O2/c1-6-5-9(4-3-8-6)7(10)11-2/h6,8H,3-5H2,1-2H3. The molecule has 64 valence electrons. The molecular formula is C7H14N2O2. The Bertz CT molecular complexity index is 149. The van der Waals surface area contributed by atoms with Gasteiger partial charge in [0.25, 0.3) is 0 Å². The molecule has 1 heterocycles. The van der Waals surface area contributed by atoms with Gasteiger partial charge in [-0.2, -0.15) is 0 Å². The summed E-state index contributed by atoms with van der Waals surface area (Å²) in [6.07, 6.45) is -0.224. The fourth-order valence-corrected chi connectivity index (χ4v) is 1.23. The molecule has 1 saturated heterocycles. The lowest BCUT2D eigenvalue weighted by Crippen LogP contribution is -2.51. The number of hydrogen-bond acceptors (Lipinski definition) is 3. The molecule has 0 aliphatic carbocycles. The Balaban J connectivity index is 2.39.